The molecule has 126 valence electrons. The molecule has 1 aromatic carbocycles. The van der Waals surface area contributed by atoms with Crippen LogP contribution in [-0.4, -0.2) is 27.3 Å². The molecule has 7 heteroatoms. The lowest BCUT2D eigenvalue weighted by molar-refractivity contribution is 0.298. The number of benzene rings is 1. The summed E-state index contributed by atoms with van der Waals surface area (Å²) in [6, 6.07) is 7.34. The van der Waals surface area contributed by atoms with Crippen molar-refractivity contribution in [2.75, 3.05) is 7.11 Å². The first kappa shape index (κ1) is 16.0. The second-order valence-corrected chi connectivity index (χ2v) is 5.35. The number of aromatic nitrogens is 4. The van der Waals surface area contributed by atoms with Crippen molar-refractivity contribution in [3.05, 3.63) is 42.4 Å². The smallest absolute Gasteiger partial charge is 0.170 e. The Morgan fingerprint density at radius 1 is 1.25 bits per heavy atom. The van der Waals surface area contributed by atoms with E-state index < -0.39 is 0 Å². The van der Waals surface area contributed by atoms with Crippen molar-refractivity contribution < 1.29 is 14.0 Å². The van der Waals surface area contributed by atoms with Crippen molar-refractivity contribution >= 4 is 0 Å². The quantitative estimate of drug-likeness (QED) is 0.631. The predicted octanol–water partition coefficient (Wildman–Crippen LogP) is 3.32. The Morgan fingerprint density at radius 3 is 2.92 bits per heavy atom. The summed E-state index contributed by atoms with van der Waals surface area (Å²) in [6.07, 6.45) is 5.71. The van der Waals surface area contributed by atoms with Gasteiger partial charge in [-0.25, -0.2) is 0 Å². The van der Waals surface area contributed by atoms with E-state index in [1.54, 1.807) is 19.4 Å². The van der Waals surface area contributed by atoms with E-state index >= 15 is 0 Å². The van der Waals surface area contributed by atoms with Gasteiger partial charge in [-0.1, -0.05) is 23.7 Å². The van der Waals surface area contributed by atoms with Gasteiger partial charge < -0.3 is 14.0 Å². The first-order valence-corrected chi connectivity index (χ1v) is 7.91. The maximum Gasteiger partial charge on any atom is 0.170 e. The van der Waals surface area contributed by atoms with Crippen LogP contribution in [0.2, 0.25) is 0 Å². The number of aryl methyl sites for hydroxylation is 1. The van der Waals surface area contributed by atoms with E-state index in [9.17, 15) is 0 Å². The lowest BCUT2D eigenvalue weighted by Crippen LogP contribution is -1.98. The fourth-order valence-electron chi connectivity index (χ4n) is 2.29. The first-order valence-electron chi connectivity index (χ1n) is 7.91. The van der Waals surface area contributed by atoms with Crippen molar-refractivity contribution in [1.29, 1.82) is 0 Å². The molecule has 0 N–H and O–H groups in total. The predicted molar refractivity (Wildman–Crippen MR) is 87.8 cm³/mol. The van der Waals surface area contributed by atoms with Gasteiger partial charge in [-0.05, 0) is 18.6 Å². The maximum absolute atomic E-state index is 5.92. The number of ether oxygens (including phenoxy) is 2. The van der Waals surface area contributed by atoms with Crippen LogP contribution in [0.25, 0.3) is 11.3 Å². The SMILES string of the molecule is CCCCn1cc(COc2cc(OC)ccc2-c2ccno2)nn1. The van der Waals surface area contributed by atoms with Gasteiger partial charge >= 0.3 is 0 Å². The fourth-order valence-corrected chi connectivity index (χ4v) is 2.29. The Labute approximate surface area is 140 Å². The summed E-state index contributed by atoms with van der Waals surface area (Å²) < 4.78 is 18.3. The molecule has 0 aliphatic carbocycles. The Hall–Kier alpha value is -2.83. The molecule has 0 aliphatic heterocycles. The minimum Gasteiger partial charge on any atom is -0.497 e. The van der Waals surface area contributed by atoms with Gasteiger partial charge in [-0.2, -0.15) is 0 Å². The van der Waals surface area contributed by atoms with Gasteiger partial charge in [0.05, 0.1) is 25.1 Å². The average molecular weight is 328 g/mol. The second kappa shape index (κ2) is 7.63. The second-order valence-electron chi connectivity index (χ2n) is 5.35. The van der Waals surface area contributed by atoms with Crippen LogP contribution in [0.1, 0.15) is 25.5 Å². The molecule has 0 saturated carbocycles. The molecule has 0 fully saturated rings. The highest BCUT2D eigenvalue weighted by Gasteiger charge is 2.12. The molecule has 0 amide bonds. The summed E-state index contributed by atoms with van der Waals surface area (Å²) in [5.74, 6) is 1.99. The molecule has 0 radical (unpaired) electrons. The van der Waals surface area contributed by atoms with Crippen LogP contribution >= 0.6 is 0 Å². The molecule has 0 bridgehead atoms. The monoisotopic (exact) mass is 328 g/mol. The minimum atomic E-state index is 0.320. The van der Waals surface area contributed by atoms with Crippen molar-refractivity contribution in [2.24, 2.45) is 0 Å². The highest BCUT2D eigenvalue weighted by atomic mass is 16.5. The number of unbranched alkanes of at least 4 members (excludes halogenated alkanes) is 1. The molecule has 0 saturated heterocycles. The van der Waals surface area contributed by atoms with Crippen LogP contribution in [0.3, 0.4) is 0 Å². The van der Waals surface area contributed by atoms with Gasteiger partial charge in [0.1, 0.15) is 23.8 Å². The molecule has 2 aromatic heterocycles. The molecule has 7 nitrogen and oxygen atoms in total. The van der Waals surface area contributed by atoms with Crippen molar-refractivity contribution in [2.45, 2.75) is 32.9 Å². The minimum absolute atomic E-state index is 0.320. The lowest BCUT2D eigenvalue weighted by Gasteiger charge is -2.10. The molecular formula is C17H20N4O3. The molecule has 24 heavy (non-hydrogen) atoms. The summed E-state index contributed by atoms with van der Waals surface area (Å²) >= 11 is 0. The van der Waals surface area contributed by atoms with Crippen LogP contribution in [0.5, 0.6) is 11.5 Å². The fraction of sp³-hybridized carbons (Fsp3) is 0.353. The number of methoxy groups -OCH3 is 1. The van der Waals surface area contributed by atoms with E-state index in [4.69, 9.17) is 14.0 Å². The molecule has 3 rings (SSSR count). The van der Waals surface area contributed by atoms with Gasteiger partial charge in [-0.3, -0.25) is 4.68 Å². The van der Waals surface area contributed by atoms with Crippen LogP contribution in [-0.2, 0) is 13.2 Å². The van der Waals surface area contributed by atoms with Crippen molar-refractivity contribution in [1.82, 2.24) is 20.2 Å². The number of rotatable bonds is 8. The van der Waals surface area contributed by atoms with Gasteiger partial charge in [0, 0.05) is 18.7 Å². The van der Waals surface area contributed by atoms with Gasteiger partial charge in [-0.15, -0.1) is 5.10 Å². The summed E-state index contributed by atoms with van der Waals surface area (Å²) in [4.78, 5) is 0. The van der Waals surface area contributed by atoms with E-state index in [1.807, 2.05) is 29.1 Å². The van der Waals surface area contributed by atoms with Crippen LogP contribution in [0.15, 0.2) is 41.2 Å². The molecular weight excluding hydrogens is 308 g/mol. The van der Waals surface area contributed by atoms with E-state index in [0.29, 0.717) is 23.9 Å². The molecule has 2 heterocycles. The lowest BCUT2D eigenvalue weighted by atomic mass is 10.1. The third-order valence-electron chi connectivity index (χ3n) is 3.59. The third kappa shape index (κ3) is 3.73. The first-order chi connectivity index (χ1) is 11.8. The number of hydrogen-bond acceptors (Lipinski definition) is 6. The highest BCUT2D eigenvalue weighted by molar-refractivity contribution is 5.66. The molecule has 0 unspecified atom stereocenters. The summed E-state index contributed by atoms with van der Waals surface area (Å²) in [6.45, 7) is 3.33. The van der Waals surface area contributed by atoms with Crippen LogP contribution < -0.4 is 9.47 Å². The Kier molecular flexibility index (Phi) is 5.10. The zero-order chi connectivity index (χ0) is 16.8. The van der Waals surface area contributed by atoms with E-state index in [0.717, 1.165) is 30.6 Å². The van der Waals surface area contributed by atoms with Crippen LogP contribution in [0, 0.1) is 0 Å². The van der Waals surface area contributed by atoms with E-state index in [2.05, 4.69) is 22.4 Å². The summed E-state index contributed by atoms with van der Waals surface area (Å²) in [5.41, 5.74) is 1.59. The topological polar surface area (TPSA) is 75.2 Å². The van der Waals surface area contributed by atoms with E-state index in [-0.39, 0.29) is 0 Å². The van der Waals surface area contributed by atoms with Gasteiger partial charge in [0.15, 0.2) is 5.76 Å². The largest absolute Gasteiger partial charge is 0.497 e. The molecule has 0 spiro atoms. The number of nitrogens with zero attached hydrogens (tertiary/aromatic N) is 4. The molecule has 3 aromatic rings. The Bertz CT molecular complexity index is 768. The average Bonchev–Trinajstić information content (AvgIpc) is 3.29. The Balaban J connectivity index is 1.75. The normalized spacial score (nSPS) is 10.8. The molecule has 0 aliphatic rings. The third-order valence-corrected chi connectivity index (χ3v) is 3.59. The Morgan fingerprint density at radius 2 is 2.17 bits per heavy atom. The zero-order valence-corrected chi connectivity index (χ0v) is 13.8. The molecule has 0 atom stereocenters. The summed E-state index contributed by atoms with van der Waals surface area (Å²) in [7, 11) is 1.62. The zero-order valence-electron chi connectivity index (χ0n) is 13.8. The van der Waals surface area contributed by atoms with Crippen molar-refractivity contribution in [3.63, 3.8) is 0 Å². The van der Waals surface area contributed by atoms with Gasteiger partial charge in [0.2, 0.25) is 0 Å². The van der Waals surface area contributed by atoms with Crippen LogP contribution in [0.4, 0.5) is 0 Å². The summed E-state index contributed by atoms with van der Waals surface area (Å²) in [5, 5.41) is 12.0. The number of hydrogen-bond donors (Lipinski definition) is 0. The van der Waals surface area contributed by atoms with E-state index in [1.165, 1.54) is 0 Å². The highest BCUT2D eigenvalue weighted by Crippen LogP contribution is 2.33. The van der Waals surface area contributed by atoms with Gasteiger partial charge in [0.25, 0.3) is 0 Å². The maximum atomic E-state index is 5.92. The van der Waals surface area contributed by atoms with Crippen molar-refractivity contribution in [3.8, 4) is 22.8 Å². The standard InChI is InChI=1S/C17H20N4O3/c1-3-4-9-21-11-13(19-20-21)12-23-17-10-14(22-2)5-6-15(17)16-7-8-18-24-16/h5-8,10-11H,3-4,9,12H2,1-2H3.